The Kier molecular flexibility index (Phi) is 7.02. The van der Waals surface area contributed by atoms with Crippen molar-refractivity contribution in [1.82, 2.24) is 4.98 Å². The number of carbonyl (C=O) groups is 1. The second kappa shape index (κ2) is 9.46. The van der Waals surface area contributed by atoms with Gasteiger partial charge >= 0.3 is 12.4 Å². The Morgan fingerprint density at radius 1 is 0.971 bits per heavy atom. The van der Waals surface area contributed by atoms with Crippen molar-refractivity contribution in [2.24, 2.45) is 0 Å². The van der Waals surface area contributed by atoms with Crippen LogP contribution in [0.25, 0.3) is 6.08 Å². The van der Waals surface area contributed by atoms with Crippen LogP contribution < -0.4 is 10.0 Å². The van der Waals surface area contributed by atoms with Gasteiger partial charge in [0.05, 0.1) is 16.0 Å². The van der Waals surface area contributed by atoms with E-state index in [0.717, 1.165) is 11.3 Å². The molecule has 3 rings (SSSR count). The first-order valence-corrected chi connectivity index (χ1v) is 11.4. The summed E-state index contributed by atoms with van der Waals surface area (Å²) in [6, 6.07) is 5.69. The Morgan fingerprint density at radius 3 is 2.21 bits per heavy atom. The van der Waals surface area contributed by atoms with Gasteiger partial charge in [-0.3, -0.25) is 9.52 Å². The van der Waals surface area contributed by atoms with E-state index in [2.05, 4.69) is 15.0 Å². The maximum absolute atomic E-state index is 13.1. The molecule has 1 aromatic heterocycles. The van der Waals surface area contributed by atoms with Gasteiger partial charge in [-0.2, -0.15) is 26.3 Å². The smallest absolute Gasteiger partial charge is 0.323 e. The highest BCUT2D eigenvalue weighted by molar-refractivity contribution is 7.93. The minimum absolute atomic E-state index is 0.0999. The molecule has 0 bridgehead atoms. The number of rotatable bonds is 6. The molecule has 0 aliphatic heterocycles. The van der Waals surface area contributed by atoms with Crippen molar-refractivity contribution < 1.29 is 39.6 Å². The zero-order valence-corrected chi connectivity index (χ0v) is 18.2. The second-order valence-corrected chi connectivity index (χ2v) is 9.16. The van der Waals surface area contributed by atoms with Crippen molar-refractivity contribution in [2.45, 2.75) is 17.2 Å². The third-order valence-electron chi connectivity index (χ3n) is 4.18. The monoisotopic (exact) mass is 521 g/mol. The molecule has 0 fully saturated rings. The number of thiazole rings is 1. The zero-order valence-electron chi connectivity index (χ0n) is 16.6. The fraction of sp³-hybridized carbons (Fsp3) is 0.100. The van der Waals surface area contributed by atoms with E-state index in [1.165, 1.54) is 30.5 Å². The lowest BCUT2D eigenvalue weighted by molar-refractivity contribution is -0.141. The molecule has 1 amide bonds. The minimum Gasteiger partial charge on any atom is -0.323 e. The molecular formula is C20H13F6N3O3S2. The predicted molar refractivity (Wildman–Crippen MR) is 113 cm³/mol. The van der Waals surface area contributed by atoms with Crippen LogP contribution in [0.15, 0.2) is 65.0 Å². The van der Waals surface area contributed by atoms with E-state index in [9.17, 15) is 39.6 Å². The number of sulfonamides is 1. The maximum atomic E-state index is 13.1. The average molecular weight is 521 g/mol. The Labute approximate surface area is 193 Å². The Morgan fingerprint density at radius 2 is 1.65 bits per heavy atom. The van der Waals surface area contributed by atoms with Gasteiger partial charge in [0.25, 0.3) is 10.0 Å². The molecule has 0 aliphatic rings. The van der Waals surface area contributed by atoms with Crippen molar-refractivity contribution in [3.8, 4) is 0 Å². The summed E-state index contributed by atoms with van der Waals surface area (Å²) in [6.07, 6.45) is -7.14. The SMILES string of the molecule is O=C(C=Cc1cc(C(F)(F)F)ccc1C(F)(F)F)Nc1ccc(S(=O)(=O)Nc2nccs2)cc1. The van der Waals surface area contributed by atoms with E-state index in [0.29, 0.717) is 30.4 Å². The maximum Gasteiger partial charge on any atom is 0.416 e. The molecule has 14 heteroatoms. The molecule has 6 nitrogen and oxygen atoms in total. The number of halogens is 6. The zero-order chi connectivity index (χ0) is 25.1. The fourth-order valence-electron chi connectivity index (χ4n) is 2.65. The highest BCUT2D eigenvalue weighted by Gasteiger charge is 2.36. The molecule has 1 heterocycles. The lowest BCUT2D eigenvalue weighted by Gasteiger charge is -2.13. The summed E-state index contributed by atoms with van der Waals surface area (Å²) in [5, 5.41) is 4.00. The lowest BCUT2D eigenvalue weighted by Crippen LogP contribution is -2.13. The summed E-state index contributed by atoms with van der Waals surface area (Å²) in [6.45, 7) is 0. The molecule has 0 atom stereocenters. The molecule has 0 aliphatic carbocycles. The fourth-order valence-corrected chi connectivity index (χ4v) is 4.44. The number of nitrogens with one attached hydrogen (secondary N) is 2. The van der Waals surface area contributed by atoms with Crippen molar-refractivity contribution in [3.05, 3.63) is 76.8 Å². The molecule has 0 saturated carbocycles. The molecule has 0 spiro atoms. The van der Waals surface area contributed by atoms with Crippen molar-refractivity contribution >= 4 is 44.2 Å². The molecule has 3 aromatic rings. The van der Waals surface area contributed by atoms with Crippen LogP contribution in [0, 0.1) is 0 Å². The van der Waals surface area contributed by atoms with Gasteiger partial charge in [0, 0.05) is 23.3 Å². The number of benzene rings is 2. The van der Waals surface area contributed by atoms with E-state index < -0.39 is 45.0 Å². The molecular weight excluding hydrogens is 508 g/mol. The van der Waals surface area contributed by atoms with Crippen LogP contribution in [0.2, 0.25) is 0 Å². The number of alkyl halides is 6. The molecule has 0 saturated heterocycles. The average Bonchev–Trinajstić information content (AvgIpc) is 3.23. The van der Waals surface area contributed by atoms with Gasteiger partial charge in [-0.05, 0) is 54.1 Å². The van der Waals surface area contributed by atoms with Gasteiger partial charge in [-0.1, -0.05) is 0 Å². The highest BCUT2D eigenvalue weighted by Crippen LogP contribution is 2.37. The van der Waals surface area contributed by atoms with Gasteiger partial charge in [-0.15, -0.1) is 11.3 Å². The molecule has 2 N–H and O–H groups in total. The summed E-state index contributed by atoms with van der Waals surface area (Å²) in [7, 11) is -3.94. The van der Waals surface area contributed by atoms with Crippen LogP contribution in [-0.4, -0.2) is 19.3 Å². The summed E-state index contributed by atoms with van der Waals surface area (Å²) in [4.78, 5) is 15.7. The van der Waals surface area contributed by atoms with Crippen molar-refractivity contribution in [1.29, 1.82) is 0 Å². The summed E-state index contributed by atoms with van der Waals surface area (Å²) in [5.74, 6) is -0.943. The number of nitrogens with zero attached hydrogens (tertiary/aromatic N) is 1. The van der Waals surface area contributed by atoms with Crippen LogP contribution in [-0.2, 0) is 27.2 Å². The van der Waals surface area contributed by atoms with Crippen LogP contribution in [0.4, 0.5) is 37.2 Å². The van der Waals surface area contributed by atoms with E-state index in [1.54, 1.807) is 5.38 Å². The van der Waals surface area contributed by atoms with E-state index in [1.807, 2.05) is 0 Å². The number of hydrogen-bond acceptors (Lipinski definition) is 5. The summed E-state index contributed by atoms with van der Waals surface area (Å²) >= 11 is 1.07. The first-order valence-electron chi connectivity index (χ1n) is 9.05. The number of anilines is 2. The van der Waals surface area contributed by atoms with Crippen LogP contribution >= 0.6 is 11.3 Å². The second-order valence-electron chi connectivity index (χ2n) is 6.59. The molecule has 0 unspecified atom stereocenters. The van der Waals surface area contributed by atoms with Gasteiger partial charge in [0.1, 0.15) is 0 Å². The topological polar surface area (TPSA) is 88.2 Å². The quantitative estimate of drug-likeness (QED) is 0.325. The van der Waals surface area contributed by atoms with E-state index in [-0.39, 0.29) is 15.7 Å². The molecule has 180 valence electrons. The van der Waals surface area contributed by atoms with Gasteiger partial charge in [0.15, 0.2) is 5.13 Å². The standard InChI is InChI=1S/C20H13F6N3O3S2/c21-19(22,23)13-2-7-16(20(24,25)26)12(11-13)1-8-17(30)28-14-3-5-15(6-4-14)34(31,32)29-18-27-9-10-33-18/h1-11H,(H,27,29)(H,28,30). The number of aromatic nitrogens is 1. The Hall–Kier alpha value is -3.39. The van der Waals surface area contributed by atoms with Gasteiger partial charge in [0.2, 0.25) is 5.91 Å². The normalized spacial score (nSPS) is 12.6. The third kappa shape index (κ3) is 6.35. The molecule has 0 radical (unpaired) electrons. The van der Waals surface area contributed by atoms with Gasteiger partial charge in [-0.25, -0.2) is 13.4 Å². The number of amides is 1. The lowest BCUT2D eigenvalue weighted by atomic mass is 10.0. The largest absolute Gasteiger partial charge is 0.416 e. The highest BCUT2D eigenvalue weighted by atomic mass is 32.2. The summed E-state index contributed by atoms with van der Waals surface area (Å²) < 4.78 is 105. The van der Waals surface area contributed by atoms with Crippen molar-refractivity contribution in [3.63, 3.8) is 0 Å². The Bertz CT molecular complexity index is 1300. The third-order valence-corrected chi connectivity index (χ3v) is 6.36. The minimum atomic E-state index is -4.94. The van der Waals surface area contributed by atoms with Crippen LogP contribution in [0.1, 0.15) is 16.7 Å². The van der Waals surface area contributed by atoms with Crippen molar-refractivity contribution in [2.75, 3.05) is 10.0 Å². The van der Waals surface area contributed by atoms with Crippen LogP contribution in [0.5, 0.6) is 0 Å². The predicted octanol–water partition coefficient (Wildman–Crippen LogP) is 5.63. The van der Waals surface area contributed by atoms with E-state index >= 15 is 0 Å². The molecule has 2 aromatic carbocycles. The Balaban J connectivity index is 1.75. The number of carbonyl (C=O) groups excluding carboxylic acids is 1. The first kappa shape index (κ1) is 25.2. The van der Waals surface area contributed by atoms with Crippen LogP contribution in [0.3, 0.4) is 0 Å². The molecule has 34 heavy (non-hydrogen) atoms. The van der Waals surface area contributed by atoms with E-state index in [4.69, 9.17) is 0 Å². The summed E-state index contributed by atoms with van der Waals surface area (Å²) in [5.41, 5.74) is -3.38. The van der Waals surface area contributed by atoms with Gasteiger partial charge < -0.3 is 5.32 Å². The first-order chi connectivity index (χ1) is 15.8. The number of hydrogen-bond donors (Lipinski definition) is 2.